The third-order valence-electron chi connectivity index (χ3n) is 4.83. The lowest BCUT2D eigenvalue weighted by Crippen LogP contribution is -2.41. The molecule has 1 saturated carbocycles. The number of ether oxygens (including phenoxy) is 1. The summed E-state index contributed by atoms with van der Waals surface area (Å²) in [6.45, 7) is 6.20. The van der Waals surface area contributed by atoms with Gasteiger partial charge in [0, 0.05) is 32.2 Å². The van der Waals surface area contributed by atoms with Gasteiger partial charge in [-0.2, -0.15) is 0 Å². The molecule has 1 fully saturated rings. The molecular formula is C20H34N4O3S. The zero-order valence-electron chi connectivity index (χ0n) is 17.3. The largest absolute Gasteiger partial charge is 0.493 e. The summed E-state index contributed by atoms with van der Waals surface area (Å²) in [7, 11) is -1.59. The SMILES string of the molecule is CCCOc1cc(C)ccc1CNC(=NC)NCCS(=O)(=O)NCC1CCC1. The molecule has 1 aliphatic carbocycles. The first-order valence-corrected chi connectivity index (χ1v) is 11.7. The lowest BCUT2D eigenvalue weighted by Gasteiger charge is -2.25. The van der Waals surface area contributed by atoms with E-state index in [1.54, 1.807) is 7.05 Å². The minimum absolute atomic E-state index is 0.0236. The highest BCUT2D eigenvalue weighted by Gasteiger charge is 2.20. The highest BCUT2D eigenvalue weighted by Crippen LogP contribution is 2.25. The molecule has 0 atom stereocenters. The zero-order valence-corrected chi connectivity index (χ0v) is 18.1. The Kier molecular flexibility index (Phi) is 9.05. The average molecular weight is 411 g/mol. The maximum absolute atomic E-state index is 12.1. The first-order valence-electron chi connectivity index (χ1n) is 10.1. The van der Waals surface area contributed by atoms with Crippen LogP contribution in [0.3, 0.4) is 0 Å². The van der Waals surface area contributed by atoms with Crippen molar-refractivity contribution in [3.05, 3.63) is 29.3 Å². The summed E-state index contributed by atoms with van der Waals surface area (Å²) in [5.74, 6) is 1.97. The molecule has 1 aromatic carbocycles. The standard InChI is InChI=1S/C20H34N4O3S/c1-4-11-27-19-13-16(2)8-9-18(19)15-23-20(21-3)22-10-12-28(25,26)24-14-17-6-5-7-17/h8-9,13,17,24H,4-7,10-12,14-15H2,1-3H3,(H2,21,22,23). The van der Waals surface area contributed by atoms with Gasteiger partial charge in [0.1, 0.15) is 5.75 Å². The molecule has 0 aromatic heterocycles. The molecule has 0 heterocycles. The molecule has 8 heteroatoms. The number of aliphatic imine (C=N–C) groups is 1. The number of nitrogens with zero attached hydrogens (tertiary/aromatic N) is 1. The van der Waals surface area contributed by atoms with Crippen LogP contribution in [0.15, 0.2) is 23.2 Å². The van der Waals surface area contributed by atoms with Gasteiger partial charge in [-0.15, -0.1) is 0 Å². The highest BCUT2D eigenvalue weighted by molar-refractivity contribution is 7.89. The van der Waals surface area contributed by atoms with E-state index in [0.717, 1.165) is 36.1 Å². The van der Waals surface area contributed by atoms with E-state index in [9.17, 15) is 8.42 Å². The van der Waals surface area contributed by atoms with Gasteiger partial charge < -0.3 is 15.4 Å². The van der Waals surface area contributed by atoms with E-state index in [-0.39, 0.29) is 5.75 Å². The second-order valence-corrected chi connectivity index (χ2v) is 9.20. The van der Waals surface area contributed by atoms with E-state index in [1.807, 2.05) is 25.1 Å². The molecule has 28 heavy (non-hydrogen) atoms. The van der Waals surface area contributed by atoms with Crippen LogP contribution in [0.2, 0.25) is 0 Å². The van der Waals surface area contributed by atoms with Crippen LogP contribution in [0.25, 0.3) is 0 Å². The van der Waals surface area contributed by atoms with Crippen LogP contribution >= 0.6 is 0 Å². The predicted octanol–water partition coefficient (Wildman–Crippen LogP) is 2.17. The molecule has 0 saturated heterocycles. The van der Waals surface area contributed by atoms with E-state index < -0.39 is 10.0 Å². The molecule has 3 N–H and O–H groups in total. The summed E-state index contributed by atoms with van der Waals surface area (Å²) in [5, 5.41) is 6.28. The Bertz CT molecular complexity index is 746. The maximum atomic E-state index is 12.1. The van der Waals surface area contributed by atoms with Gasteiger partial charge >= 0.3 is 0 Å². The van der Waals surface area contributed by atoms with Gasteiger partial charge in [-0.25, -0.2) is 13.1 Å². The Balaban J connectivity index is 1.78. The van der Waals surface area contributed by atoms with Crippen LogP contribution in [0.1, 0.15) is 43.7 Å². The second-order valence-electron chi connectivity index (χ2n) is 7.28. The smallest absolute Gasteiger partial charge is 0.213 e. The normalized spacial score (nSPS) is 15.2. The van der Waals surface area contributed by atoms with Crippen molar-refractivity contribution in [2.24, 2.45) is 10.9 Å². The van der Waals surface area contributed by atoms with Crippen molar-refractivity contribution in [3.63, 3.8) is 0 Å². The van der Waals surface area contributed by atoms with E-state index in [1.165, 1.54) is 6.42 Å². The molecule has 0 spiro atoms. The molecular weight excluding hydrogens is 376 g/mol. The Morgan fingerprint density at radius 2 is 2.07 bits per heavy atom. The Hall–Kier alpha value is -1.80. The number of nitrogens with one attached hydrogen (secondary N) is 3. The number of sulfonamides is 1. The fourth-order valence-electron chi connectivity index (χ4n) is 2.87. The molecule has 7 nitrogen and oxygen atoms in total. The van der Waals surface area contributed by atoms with Crippen molar-refractivity contribution in [1.29, 1.82) is 0 Å². The first-order chi connectivity index (χ1) is 13.4. The molecule has 0 radical (unpaired) electrons. The van der Waals surface area contributed by atoms with Gasteiger partial charge in [-0.05, 0) is 43.7 Å². The third-order valence-corrected chi connectivity index (χ3v) is 6.18. The fraction of sp³-hybridized carbons (Fsp3) is 0.650. The van der Waals surface area contributed by atoms with Crippen molar-refractivity contribution in [2.45, 2.75) is 46.1 Å². The summed E-state index contributed by atoms with van der Waals surface area (Å²) in [5.41, 5.74) is 2.19. The monoisotopic (exact) mass is 410 g/mol. The van der Waals surface area contributed by atoms with Gasteiger partial charge in [-0.1, -0.05) is 25.5 Å². The Morgan fingerprint density at radius 1 is 1.29 bits per heavy atom. The van der Waals surface area contributed by atoms with Crippen molar-refractivity contribution in [2.75, 3.05) is 32.5 Å². The molecule has 0 bridgehead atoms. The van der Waals surface area contributed by atoms with Gasteiger partial charge in [0.15, 0.2) is 5.96 Å². The number of rotatable bonds is 11. The lowest BCUT2D eigenvalue weighted by molar-refractivity contribution is 0.313. The molecule has 0 aliphatic heterocycles. The zero-order chi connectivity index (χ0) is 20.4. The number of guanidine groups is 1. The predicted molar refractivity (Wildman–Crippen MR) is 114 cm³/mol. The van der Waals surface area contributed by atoms with Gasteiger partial charge in [0.05, 0.1) is 12.4 Å². The molecule has 1 aliphatic rings. The first kappa shape index (κ1) is 22.5. The number of aryl methyl sites for hydroxylation is 1. The van der Waals surface area contributed by atoms with Crippen LogP contribution in [0.5, 0.6) is 5.75 Å². The lowest BCUT2D eigenvalue weighted by atomic mass is 9.86. The summed E-state index contributed by atoms with van der Waals surface area (Å²) >= 11 is 0. The molecule has 0 amide bonds. The molecule has 0 unspecified atom stereocenters. The number of benzene rings is 1. The number of hydrogen-bond donors (Lipinski definition) is 3. The third kappa shape index (κ3) is 7.67. The van der Waals surface area contributed by atoms with Gasteiger partial charge in [0.25, 0.3) is 0 Å². The van der Waals surface area contributed by atoms with Gasteiger partial charge in [-0.3, -0.25) is 4.99 Å². The molecule has 1 aromatic rings. The fourth-order valence-corrected chi connectivity index (χ4v) is 3.88. The van der Waals surface area contributed by atoms with E-state index in [0.29, 0.717) is 38.1 Å². The quantitative estimate of drug-likeness (QED) is 0.384. The maximum Gasteiger partial charge on any atom is 0.213 e. The van der Waals surface area contributed by atoms with Crippen LogP contribution < -0.4 is 20.1 Å². The minimum atomic E-state index is -3.26. The van der Waals surface area contributed by atoms with Crippen LogP contribution in [-0.4, -0.2) is 46.9 Å². The van der Waals surface area contributed by atoms with Gasteiger partial charge in [0.2, 0.25) is 10.0 Å². The molecule has 158 valence electrons. The van der Waals surface area contributed by atoms with E-state index in [2.05, 4.69) is 27.3 Å². The van der Waals surface area contributed by atoms with Crippen molar-refractivity contribution >= 4 is 16.0 Å². The van der Waals surface area contributed by atoms with Crippen molar-refractivity contribution < 1.29 is 13.2 Å². The Labute approximate surface area is 169 Å². The summed E-state index contributed by atoms with van der Waals surface area (Å²) in [4.78, 5) is 4.17. The minimum Gasteiger partial charge on any atom is -0.493 e. The Morgan fingerprint density at radius 3 is 2.71 bits per heavy atom. The van der Waals surface area contributed by atoms with Crippen molar-refractivity contribution in [1.82, 2.24) is 15.4 Å². The van der Waals surface area contributed by atoms with E-state index >= 15 is 0 Å². The van der Waals surface area contributed by atoms with Crippen LogP contribution in [-0.2, 0) is 16.6 Å². The summed E-state index contributed by atoms with van der Waals surface area (Å²) in [6.07, 6.45) is 4.41. The topological polar surface area (TPSA) is 91.8 Å². The average Bonchev–Trinajstić information content (AvgIpc) is 2.62. The highest BCUT2D eigenvalue weighted by atomic mass is 32.2. The summed E-state index contributed by atoms with van der Waals surface area (Å²) in [6, 6.07) is 6.12. The van der Waals surface area contributed by atoms with Crippen LogP contribution in [0.4, 0.5) is 0 Å². The number of hydrogen-bond acceptors (Lipinski definition) is 4. The molecule has 2 rings (SSSR count). The van der Waals surface area contributed by atoms with Crippen molar-refractivity contribution in [3.8, 4) is 5.75 Å². The second kappa shape index (κ2) is 11.3. The van der Waals surface area contributed by atoms with E-state index in [4.69, 9.17) is 4.74 Å². The summed E-state index contributed by atoms with van der Waals surface area (Å²) < 4.78 is 32.7. The van der Waals surface area contributed by atoms with Crippen LogP contribution in [0, 0.1) is 12.8 Å².